The molecule has 0 fully saturated rings. The molecule has 19 heavy (non-hydrogen) atoms. The molecule has 0 aliphatic rings. The van der Waals surface area contributed by atoms with Gasteiger partial charge in [0.05, 0.1) is 11.7 Å². The van der Waals surface area contributed by atoms with Crippen molar-refractivity contribution in [2.75, 3.05) is 5.32 Å². The molecule has 1 nitrogen and oxygen atoms in total. The minimum absolute atomic E-state index is 0.0729. The average Bonchev–Trinajstić information content (AvgIpc) is 2.39. The maximum Gasteiger partial charge on any atom is 0.147 e. The molecular formula is C15H14BrClFN. The van der Waals surface area contributed by atoms with Crippen LogP contribution in [0.5, 0.6) is 0 Å². The lowest BCUT2D eigenvalue weighted by Gasteiger charge is -2.19. The van der Waals surface area contributed by atoms with Gasteiger partial charge in [0.2, 0.25) is 0 Å². The van der Waals surface area contributed by atoms with Crippen molar-refractivity contribution in [1.82, 2.24) is 0 Å². The summed E-state index contributed by atoms with van der Waals surface area (Å²) in [7, 11) is 0. The Morgan fingerprint density at radius 3 is 2.47 bits per heavy atom. The van der Waals surface area contributed by atoms with Gasteiger partial charge in [-0.1, -0.05) is 46.6 Å². The quantitative estimate of drug-likeness (QED) is 0.740. The van der Waals surface area contributed by atoms with Crippen LogP contribution in [0.3, 0.4) is 0 Å². The van der Waals surface area contributed by atoms with Crippen LogP contribution < -0.4 is 5.32 Å². The molecule has 0 amide bonds. The fourth-order valence-corrected chi connectivity index (χ4v) is 2.33. The van der Waals surface area contributed by atoms with Crippen LogP contribution >= 0.6 is 27.5 Å². The van der Waals surface area contributed by atoms with Crippen LogP contribution in [0.4, 0.5) is 10.1 Å². The molecule has 0 bridgehead atoms. The zero-order valence-corrected chi connectivity index (χ0v) is 12.8. The third-order valence-corrected chi connectivity index (χ3v) is 3.71. The molecule has 1 unspecified atom stereocenters. The Morgan fingerprint density at radius 1 is 1.21 bits per heavy atom. The van der Waals surface area contributed by atoms with Gasteiger partial charge < -0.3 is 5.32 Å². The second-order valence-corrected chi connectivity index (χ2v) is 5.63. The third-order valence-electron chi connectivity index (χ3n) is 2.94. The van der Waals surface area contributed by atoms with Gasteiger partial charge in [0.25, 0.3) is 0 Å². The second kappa shape index (κ2) is 6.40. The Morgan fingerprint density at radius 2 is 1.89 bits per heavy atom. The molecule has 0 saturated carbocycles. The second-order valence-electron chi connectivity index (χ2n) is 4.28. The van der Waals surface area contributed by atoms with Crippen molar-refractivity contribution in [3.8, 4) is 0 Å². The molecule has 0 aliphatic heterocycles. The van der Waals surface area contributed by atoms with Gasteiger partial charge in [-0.25, -0.2) is 4.39 Å². The lowest BCUT2D eigenvalue weighted by molar-refractivity contribution is 0.624. The van der Waals surface area contributed by atoms with Gasteiger partial charge in [0.1, 0.15) is 5.82 Å². The molecule has 0 saturated heterocycles. The number of benzene rings is 2. The Labute approximate surface area is 125 Å². The number of hydrogen-bond acceptors (Lipinski definition) is 1. The van der Waals surface area contributed by atoms with Gasteiger partial charge in [0.15, 0.2) is 0 Å². The zero-order chi connectivity index (χ0) is 13.8. The summed E-state index contributed by atoms with van der Waals surface area (Å²) in [6, 6.07) is 12.8. The SMILES string of the molecule is CCC(Nc1ccc(Cl)cc1F)c1ccc(Br)cc1. The predicted octanol–water partition coefficient (Wildman–Crippen LogP) is 5.80. The minimum atomic E-state index is -0.330. The van der Waals surface area contributed by atoms with Gasteiger partial charge in [-0.15, -0.1) is 0 Å². The standard InChI is InChI=1S/C15H14BrClFN/c1-2-14(10-3-5-11(16)6-4-10)19-15-8-7-12(17)9-13(15)18/h3-9,14,19H,2H2,1H3. The molecule has 2 aromatic rings. The van der Waals surface area contributed by atoms with E-state index in [0.29, 0.717) is 10.7 Å². The van der Waals surface area contributed by atoms with Crippen molar-refractivity contribution in [3.63, 3.8) is 0 Å². The van der Waals surface area contributed by atoms with E-state index in [1.807, 2.05) is 24.3 Å². The van der Waals surface area contributed by atoms with Gasteiger partial charge in [0, 0.05) is 9.50 Å². The van der Waals surface area contributed by atoms with Crippen molar-refractivity contribution < 1.29 is 4.39 Å². The monoisotopic (exact) mass is 341 g/mol. The third kappa shape index (κ3) is 3.71. The molecule has 1 N–H and O–H groups in total. The van der Waals surface area contributed by atoms with Crippen molar-refractivity contribution in [2.45, 2.75) is 19.4 Å². The fraction of sp³-hybridized carbons (Fsp3) is 0.200. The lowest BCUT2D eigenvalue weighted by Crippen LogP contribution is -2.10. The van der Waals surface area contributed by atoms with Crippen LogP contribution in [0, 0.1) is 5.82 Å². The molecule has 0 spiro atoms. The Bertz CT molecular complexity index is 557. The predicted molar refractivity (Wildman–Crippen MR) is 82.2 cm³/mol. The highest BCUT2D eigenvalue weighted by Crippen LogP contribution is 2.26. The minimum Gasteiger partial charge on any atom is -0.376 e. The Balaban J connectivity index is 2.21. The van der Waals surface area contributed by atoms with Crippen molar-refractivity contribution in [2.24, 2.45) is 0 Å². The van der Waals surface area contributed by atoms with Crippen molar-refractivity contribution >= 4 is 33.2 Å². The summed E-state index contributed by atoms with van der Waals surface area (Å²) in [5.74, 6) is -0.330. The number of halogens is 3. The van der Waals surface area contributed by atoms with E-state index >= 15 is 0 Å². The van der Waals surface area contributed by atoms with Crippen molar-refractivity contribution in [1.29, 1.82) is 0 Å². The van der Waals surface area contributed by atoms with E-state index < -0.39 is 0 Å². The first kappa shape index (κ1) is 14.4. The topological polar surface area (TPSA) is 12.0 Å². The first-order valence-electron chi connectivity index (χ1n) is 6.07. The highest BCUT2D eigenvalue weighted by atomic mass is 79.9. The van der Waals surface area contributed by atoms with Gasteiger partial charge >= 0.3 is 0 Å². The van der Waals surface area contributed by atoms with E-state index in [9.17, 15) is 4.39 Å². The normalized spacial score (nSPS) is 12.2. The number of nitrogens with one attached hydrogen (secondary N) is 1. The molecule has 4 heteroatoms. The zero-order valence-electron chi connectivity index (χ0n) is 10.5. The summed E-state index contributed by atoms with van der Waals surface area (Å²) in [5.41, 5.74) is 1.60. The molecule has 100 valence electrons. The lowest BCUT2D eigenvalue weighted by atomic mass is 10.0. The Hall–Kier alpha value is -1.06. The number of rotatable bonds is 4. The van der Waals surface area contributed by atoms with Crippen LogP contribution in [0.15, 0.2) is 46.9 Å². The summed E-state index contributed by atoms with van der Waals surface area (Å²) >= 11 is 9.16. The summed E-state index contributed by atoms with van der Waals surface area (Å²) < 4.78 is 14.8. The maximum absolute atomic E-state index is 13.8. The van der Waals surface area contributed by atoms with E-state index in [1.165, 1.54) is 6.07 Å². The van der Waals surface area contributed by atoms with Crippen molar-refractivity contribution in [3.05, 3.63) is 63.3 Å². The first-order valence-corrected chi connectivity index (χ1v) is 7.24. The van der Waals surface area contributed by atoms with E-state index in [0.717, 1.165) is 16.5 Å². The average molecular weight is 343 g/mol. The van der Waals surface area contributed by atoms with Crippen LogP contribution in [0.2, 0.25) is 5.02 Å². The largest absolute Gasteiger partial charge is 0.376 e. The van der Waals surface area contributed by atoms with Crippen LogP contribution in [0.25, 0.3) is 0 Å². The summed E-state index contributed by atoms with van der Waals surface area (Å²) in [4.78, 5) is 0. The van der Waals surface area contributed by atoms with E-state index in [2.05, 4.69) is 28.2 Å². The van der Waals surface area contributed by atoms with Gasteiger partial charge in [-0.2, -0.15) is 0 Å². The molecule has 0 aliphatic carbocycles. The summed E-state index contributed by atoms with van der Waals surface area (Å²) in [6.07, 6.45) is 0.865. The number of anilines is 1. The molecule has 2 rings (SSSR count). The number of hydrogen-bond donors (Lipinski definition) is 1. The Kier molecular flexibility index (Phi) is 4.83. The molecule has 1 atom stereocenters. The van der Waals surface area contributed by atoms with E-state index in [-0.39, 0.29) is 11.9 Å². The summed E-state index contributed by atoms with van der Waals surface area (Å²) in [6.45, 7) is 2.06. The van der Waals surface area contributed by atoms with Crippen LogP contribution in [-0.4, -0.2) is 0 Å². The van der Waals surface area contributed by atoms with Crippen LogP contribution in [-0.2, 0) is 0 Å². The molecule has 0 radical (unpaired) electrons. The maximum atomic E-state index is 13.8. The summed E-state index contributed by atoms with van der Waals surface area (Å²) in [5, 5.41) is 3.61. The molecule has 0 heterocycles. The van der Waals surface area contributed by atoms with Gasteiger partial charge in [-0.3, -0.25) is 0 Å². The van der Waals surface area contributed by atoms with Crippen LogP contribution in [0.1, 0.15) is 24.9 Å². The van der Waals surface area contributed by atoms with Gasteiger partial charge in [-0.05, 0) is 42.3 Å². The highest BCUT2D eigenvalue weighted by molar-refractivity contribution is 9.10. The molecule has 0 aromatic heterocycles. The van der Waals surface area contributed by atoms with E-state index in [4.69, 9.17) is 11.6 Å². The highest BCUT2D eigenvalue weighted by Gasteiger charge is 2.11. The molecule has 2 aromatic carbocycles. The fourth-order valence-electron chi connectivity index (χ4n) is 1.91. The smallest absolute Gasteiger partial charge is 0.147 e. The first-order chi connectivity index (χ1) is 9.10. The molecular weight excluding hydrogens is 329 g/mol. The van der Waals surface area contributed by atoms with E-state index in [1.54, 1.807) is 12.1 Å².